The number of carbonyl (C=O) groups excluding carboxylic acids is 2. The van der Waals surface area contributed by atoms with Gasteiger partial charge < -0.3 is 14.2 Å². The Morgan fingerprint density at radius 3 is 1.87 bits per heavy atom. The molecule has 0 atom stereocenters. The number of esters is 2. The minimum atomic E-state index is -0.665. The molecule has 0 unspecified atom stereocenters. The maximum atomic E-state index is 12.1. The van der Waals surface area contributed by atoms with Gasteiger partial charge in [-0.1, -0.05) is 26.0 Å². The lowest BCUT2D eigenvalue weighted by atomic mass is 10.1. The van der Waals surface area contributed by atoms with E-state index < -0.39 is 11.9 Å². The highest BCUT2D eigenvalue weighted by atomic mass is 16.6. The van der Waals surface area contributed by atoms with Crippen molar-refractivity contribution in [2.45, 2.75) is 33.6 Å². The Balaban J connectivity index is 2.96. The van der Waals surface area contributed by atoms with E-state index in [0.29, 0.717) is 25.0 Å². The van der Waals surface area contributed by atoms with E-state index in [1.807, 2.05) is 20.8 Å². The average molecular weight is 320 g/mol. The second kappa shape index (κ2) is 10.4. The van der Waals surface area contributed by atoms with Gasteiger partial charge in [-0.3, -0.25) is 0 Å². The average Bonchev–Trinajstić information content (AvgIpc) is 2.57. The molecular formula is C18H24O5. The van der Waals surface area contributed by atoms with E-state index >= 15 is 0 Å². The zero-order chi connectivity index (χ0) is 17.1. The van der Waals surface area contributed by atoms with Crippen molar-refractivity contribution < 1.29 is 23.8 Å². The fourth-order valence-corrected chi connectivity index (χ4v) is 1.74. The summed E-state index contributed by atoms with van der Waals surface area (Å²) in [5, 5.41) is 0. The van der Waals surface area contributed by atoms with Crippen LogP contribution in [0.25, 0.3) is 6.08 Å². The molecule has 126 valence electrons. The molecule has 5 heteroatoms. The summed E-state index contributed by atoms with van der Waals surface area (Å²) in [7, 11) is 0. The van der Waals surface area contributed by atoms with Crippen molar-refractivity contribution in [1.82, 2.24) is 0 Å². The van der Waals surface area contributed by atoms with Crippen LogP contribution in [-0.2, 0) is 19.1 Å². The number of carbonyl (C=O) groups is 2. The molecule has 0 radical (unpaired) electrons. The highest BCUT2D eigenvalue weighted by Gasteiger charge is 2.21. The third-order valence-corrected chi connectivity index (χ3v) is 2.82. The van der Waals surface area contributed by atoms with Crippen LogP contribution in [0, 0.1) is 0 Å². The van der Waals surface area contributed by atoms with Crippen LogP contribution >= 0.6 is 0 Å². The summed E-state index contributed by atoms with van der Waals surface area (Å²) in [5.41, 5.74) is 0.599. The topological polar surface area (TPSA) is 61.8 Å². The quantitative estimate of drug-likeness (QED) is 0.302. The van der Waals surface area contributed by atoms with Crippen LogP contribution in [0.4, 0.5) is 0 Å². The van der Waals surface area contributed by atoms with Gasteiger partial charge >= 0.3 is 11.9 Å². The standard InChI is InChI=1S/C18H24O5/c1-4-11-22-17(19)16(18(20)23-12-5-2)13-14-7-9-15(10-8-14)21-6-3/h7-10,13H,4-6,11-12H2,1-3H3. The molecule has 0 heterocycles. The Morgan fingerprint density at radius 2 is 1.43 bits per heavy atom. The van der Waals surface area contributed by atoms with E-state index in [9.17, 15) is 9.59 Å². The molecular weight excluding hydrogens is 296 g/mol. The first-order valence-electron chi connectivity index (χ1n) is 7.91. The predicted octanol–water partition coefficient (Wildman–Crippen LogP) is 3.38. The van der Waals surface area contributed by atoms with Crippen LogP contribution in [-0.4, -0.2) is 31.8 Å². The van der Waals surface area contributed by atoms with Crippen LogP contribution in [0.3, 0.4) is 0 Å². The lowest BCUT2D eigenvalue weighted by Crippen LogP contribution is -2.19. The van der Waals surface area contributed by atoms with Gasteiger partial charge in [-0.25, -0.2) is 9.59 Å². The predicted molar refractivity (Wildman–Crippen MR) is 88.1 cm³/mol. The molecule has 1 rings (SSSR count). The zero-order valence-electron chi connectivity index (χ0n) is 14.0. The molecule has 0 N–H and O–H groups in total. The molecule has 0 aromatic heterocycles. The molecule has 1 aromatic carbocycles. The van der Waals surface area contributed by atoms with Gasteiger partial charge in [-0.15, -0.1) is 0 Å². The van der Waals surface area contributed by atoms with E-state index in [-0.39, 0.29) is 18.8 Å². The number of benzene rings is 1. The van der Waals surface area contributed by atoms with Gasteiger partial charge in [0, 0.05) is 0 Å². The van der Waals surface area contributed by atoms with Crippen molar-refractivity contribution in [2.75, 3.05) is 19.8 Å². The molecule has 0 spiro atoms. The van der Waals surface area contributed by atoms with Gasteiger partial charge in [0.15, 0.2) is 0 Å². The highest BCUT2D eigenvalue weighted by Crippen LogP contribution is 2.16. The number of ether oxygens (including phenoxy) is 3. The monoisotopic (exact) mass is 320 g/mol. The van der Waals surface area contributed by atoms with Crippen LogP contribution in [0.5, 0.6) is 5.75 Å². The van der Waals surface area contributed by atoms with Gasteiger partial charge in [0.1, 0.15) is 11.3 Å². The summed E-state index contributed by atoms with van der Waals surface area (Å²) in [6.45, 7) is 6.78. The molecule has 0 saturated heterocycles. The van der Waals surface area contributed by atoms with Crippen LogP contribution < -0.4 is 4.74 Å². The summed E-state index contributed by atoms with van der Waals surface area (Å²) in [5.74, 6) is -0.600. The van der Waals surface area contributed by atoms with E-state index in [0.717, 1.165) is 5.75 Å². The van der Waals surface area contributed by atoms with E-state index in [1.165, 1.54) is 6.08 Å². The maximum absolute atomic E-state index is 12.1. The maximum Gasteiger partial charge on any atom is 0.345 e. The molecule has 0 aliphatic heterocycles. The Morgan fingerprint density at radius 1 is 0.913 bits per heavy atom. The van der Waals surface area contributed by atoms with Crippen molar-refractivity contribution in [3.8, 4) is 5.75 Å². The summed E-state index contributed by atoms with van der Waals surface area (Å²) in [6, 6.07) is 7.10. The molecule has 23 heavy (non-hydrogen) atoms. The fraction of sp³-hybridized carbons (Fsp3) is 0.444. The van der Waals surface area contributed by atoms with Crippen molar-refractivity contribution in [3.63, 3.8) is 0 Å². The van der Waals surface area contributed by atoms with Gasteiger partial charge in [-0.05, 0) is 43.5 Å². The van der Waals surface area contributed by atoms with Gasteiger partial charge in [0.25, 0.3) is 0 Å². The second-order valence-electron chi connectivity index (χ2n) is 4.83. The van der Waals surface area contributed by atoms with Crippen molar-refractivity contribution in [1.29, 1.82) is 0 Å². The molecule has 0 aliphatic carbocycles. The van der Waals surface area contributed by atoms with Crippen LogP contribution in [0.15, 0.2) is 29.8 Å². The van der Waals surface area contributed by atoms with Crippen molar-refractivity contribution >= 4 is 18.0 Å². The van der Waals surface area contributed by atoms with Gasteiger partial charge in [0.05, 0.1) is 19.8 Å². The normalized spacial score (nSPS) is 9.87. The Labute approximate surface area is 137 Å². The summed E-state index contributed by atoms with van der Waals surface area (Å²) in [6.07, 6.45) is 2.85. The first-order chi connectivity index (χ1) is 11.1. The minimum Gasteiger partial charge on any atom is -0.494 e. The molecule has 1 aromatic rings. The third-order valence-electron chi connectivity index (χ3n) is 2.82. The molecule has 0 bridgehead atoms. The third kappa shape index (κ3) is 6.55. The molecule has 5 nitrogen and oxygen atoms in total. The first kappa shape index (κ1) is 18.7. The molecule has 0 saturated carbocycles. The van der Waals surface area contributed by atoms with Gasteiger partial charge in [0.2, 0.25) is 0 Å². The highest BCUT2D eigenvalue weighted by molar-refractivity contribution is 6.17. The van der Waals surface area contributed by atoms with Crippen LogP contribution in [0.2, 0.25) is 0 Å². The number of hydrogen-bond donors (Lipinski definition) is 0. The SMILES string of the molecule is CCCOC(=O)C(=Cc1ccc(OCC)cc1)C(=O)OCCC. The Bertz CT molecular complexity index is 509. The smallest absolute Gasteiger partial charge is 0.345 e. The second-order valence-corrected chi connectivity index (χ2v) is 4.83. The summed E-state index contributed by atoms with van der Waals surface area (Å²) in [4.78, 5) is 24.1. The van der Waals surface area contributed by atoms with E-state index in [1.54, 1.807) is 24.3 Å². The molecule has 0 fully saturated rings. The number of hydrogen-bond acceptors (Lipinski definition) is 5. The minimum absolute atomic E-state index is 0.101. The lowest BCUT2D eigenvalue weighted by Gasteiger charge is -2.08. The fourth-order valence-electron chi connectivity index (χ4n) is 1.74. The van der Waals surface area contributed by atoms with Crippen LogP contribution in [0.1, 0.15) is 39.2 Å². The molecule has 0 amide bonds. The van der Waals surface area contributed by atoms with E-state index in [2.05, 4.69) is 0 Å². The Kier molecular flexibility index (Phi) is 8.50. The number of rotatable bonds is 9. The first-order valence-corrected chi connectivity index (χ1v) is 7.91. The van der Waals surface area contributed by atoms with E-state index in [4.69, 9.17) is 14.2 Å². The van der Waals surface area contributed by atoms with Gasteiger partial charge in [-0.2, -0.15) is 0 Å². The van der Waals surface area contributed by atoms with Crippen molar-refractivity contribution in [3.05, 3.63) is 35.4 Å². The lowest BCUT2D eigenvalue weighted by molar-refractivity contribution is -0.147. The summed E-state index contributed by atoms with van der Waals surface area (Å²) >= 11 is 0. The Hall–Kier alpha value is -2.30. The van der Waals surface area contributed by atoms with Crippen molar-refractivity contribution in [2.24, 2.45) is 0 Å². The largest absolute Gasteiger partial charge is 0.494 e. The summed E-state index contributed by atoms with van der Waals surface area (Å²) < 4.78 is 15.5. The molecule has 0 aliphatic rings. The zero-order valence-corrected chi connectivity index (χ0v) is 14.0.